The van der Waals surface area contributed by atoms with Gasteiger partial charge in [0.1, 0.15) is 11.9 Å². The van der Waals surface area contributed by atoms with Crippen molar-refractivity contribution in [1.29, 1.82) is 0 Å². The number of hydrogen-bond acceptors (Lipinski definition) is 4. The molecule has 0 saturated carbocycles. The van der Waals surface area contributed by atoms with Crippen LogP contribution in [0.4, 0.5) is 4.39 Å². The second-order valence-corrected chi connectivity index (χ2v) is 7.43. The number of carbonyl (C=O) groups is 3. The highest BCUT2D eigenvalue weighted by Gasteiger charge is 2.32. The lowest BCUT2D eigenvalue weighted by atomic mass is 9.99. The van der Waals surface area contributed by atoms with E-state index in [1.54, 1.807) is 66.7 Å². The summed E-state index contributed by atoms with van der Waals surface area (Å²) in [5.41, 5.74) is 6.42. The Morgan fingerprint density at radius 1 is 0.848 bits per heavy atom. The van der Waals surface area contributed by atoms with Gasteiger partial charge in [0.2, 0.25) is 5.91 Å². The van der Waals surface area contributed by atoms with E-state index in [0.29, 0.717) is 11.1 Å². The molecule has 3 aromatic rings. The van der Waals surface area contributed by atoms with Gasteiger partial charge < -0.3 is 21.5 Å². The summed E-state index contributed by atoms with van der Waals surface area (Å²) in [7, 11) is 0. The normalized spacial score (nSPS) is 13.4. The fourth-order valence-corrected chi connectivity index (χ4v) is 3.33. The van der Waals surface area contributed by atoms with Crippen molar-refractivity contribution in [2.24, 2.45) is 5.73 Å². The van der Waals surface area contributed by atoms with Crippen LogP contribution in [0.15, 0.2) is 84.9 Å². The van der Waals surface area contributed by atoms with Crippen molar-refractivity contribution in [1.82, 2.24) is 10.6 Å². The van der Waals surface area contributed by atoms with Gasteiger partial charge in [-0.15, -0.1) is 0 Å². The summed E-state index contributed by atoms with van der Waals surface area (Å²) in [4.78, 5) is 37.5. The number of primary amides is 1. The number of hydrogen-bond donors (Lipinski definition) is 4. The molecule has 0 aliphatic rings. The molecule has 3 amide bonds. The van der Waals surface area contributed by atoms with Gasteiger partial charge >= 0.3 is 0 Å². The van der Waals surface area contributed by atoms with Gasteiger partial charge in [-0.3, -0.25) is 14.4 Å². The SMILES string of the molecule is NC(=O)[C@@H](Cc1ccccc1F)NC(=O)[C@H](O)[C@@H](NC(=O)c1ccccc1)c1ccccc1. The van der Waals surface area contributed by atoms with Gasteiger partial charge in [0.05, 0.1) is 6.04 Å². The lowest BCUT2D eigenvalue weighted by Gasteiger charge is -2.26. The monoisotopic (exact) mass is 449 g/mol. The minimum atomic E-state index is -1.75. The Labute approximate surface area is 190 Å². The zero-order valence-corrected chi connectivity index (χ0v) is 17.6. The van der Waals surface area contributed by atoms with Crippen molar-refractivity contribution < 1.29 is 23.9 Å². The molecule has 0 unspecified atom stereocenters. The number of aliphatic hydroxyl groups is 1. The lowest BCUT2D eigenvalue weighted by Crippen LogP contribution is -2.52. The van der Waals surface area contributed by atoms with Gasteiger partial charge in [-0.2, -0.15) is 0 Å². The van der Waals surface area contributed by atoms with Crippen molar-refractivity contribution in [2.45, 2.75) is 24.6 Å². The predicted molar refractivity (Wildman–Crippen MR) is 120 cm³/mol. The molecular weight excluding hydrogens is 425 g/mol. The highest BCUT2D eigenvalue weighted by Crippen LogP contribution is 2.19. The molecule has 3 aromatic carbocycles. The fourth-order valence-electron chi connectivity index (χ4n) is 3.33. The maximum Gasteiger partial charge on any atom is 0.252 e. The molecule has 170 valence electrons. The molecule has 8 heteroatoms. The summed E-state index contributed by atoms with van der Waals surface area (Å²) in [6.45, 7) is 0. The standard InChI is InChI=1S/C25H24FN3O4/c26-19-14-8-7-13-18(19)15-20(23(27)31)28-25(33)22(30)21(16-9-3-1-4-10-16)29-24(32)17-11-5-2-6-12-17/h1-14,20-22,30H,15H2,(H2,27,31)(H,28,33)(H,29,32)/t20-,21+,22-/m1/s1. The van der Waals surface area contributed by atoms with E-state index in [1.165, 1.54) is 18.2 Å². The van der Waals surface area contributed by atoms with Crippen molar-refractivity contribution in [2.75, 3.05) is 0 Å². The van der Waals surface area contributed by atoms with E-state index in [0.717, 1.165) is 0 Å². The first-order valence-electron chi connectivity index (χ1n) is 10.3. The Balaban J connectivity index is 1.79. The van der Waals surface area contributed by atoms with Crippen molar-refractivity contribution in [3.05, 3.63) is 107 Å². The van der Waals surface area contributed by atoms with Crippen LogP contribution in [0, 0.1) is 5.82 Å². The topological polar surface area (TPSA) is 122 Å². The first kappa shape index (κ1) is 23.6. The number of aliphatic hydroxyl groups excluding tert-OH is 1. The Morgan fingerprint density at radius 3 is 2.03 bits per heavy atom. The van der Waals surface area contributed by atoms with Gasteiger partial charge in [0, 0.05) is 12.0 Å². The number of rotatable bonds is 9. The Morgan fingerprint density at radius 2 is 1.42 bits per heavy atom. The van der Waals surface area contributed by atoms with Crippen molar-refractivity contribution >= 4 is 17.7 Å². The van der Waals surface area contributed by atoms with Crippen molar-refractivity contribution in [3.63, 3.8) is 0 Å². The molecule has 0 aliphatic heterocycles. The predicted octanol–water partition coefficient (Wildman–Crippen LogP) is 1.87. The minimum Gasteiger partial charge on any atom is -0.381 e. The third-order valence-electron chi connectivity index (χ3n) is 5.11. The first-order chi connectivity index (χ1) is 15.9. The first-order valence-corrected chi connectivity index (χ1v) is 10.3. The largest absolute Gasteiger partial charge is 0.381 e. The van der Waals surface area contributed by atoms with E-state index in [9.17, 15) is 23.9 Å². The number of carbonyl (C=O) groups excluding carboxylic acids is 3. The maximum atomic E-state index is 14.0. The van der Waals surface area contributed by atoms with Gasteiger partial charge in [-0.05, 0) is 29.3 Å². The summed E-state index contributed by atoms with van der Waals surface area (Å²) in [6.07, 6.45) is -1.94. The zero-order valence-electron chi connectivity index (χ0n) is 17.6. The van der Waals surface area contributed by atoms with Crippen LogP contribution < -0.4 is 16.4 Å². The molecule has 0 heterocycles. The molecular formula is C25H24FN3O4. The number of halogens is 1. The molecule has 3 rings (SSSR count). The van der Waals surface area contributed by atoms with E-state index in [2.05, 4.69) is 10.6 Å². The highest BCUT2D eigenvalue weighted by molar-refractivity contribution is 5.95. The van der Waals surface area contributed by atoms with Gasteiger partial charge in [0.15, 0.2) is 6.10 Å². The second kappa shape index (κ2) is 11.0. The summed E-state index contributed by atoms with van der Waals surface area (Å²) < 4.78 is 14.0. The molecule has 0 aromatic heterocycles. The Bertz CT molecular complexity index is 1110. The Kier molecular flexibility index (Phi) is 7.88. The average molecular weight is 449 g/mol. The summed E-state index contributed by atoms with van der Waals surface area (Å²) in [5.74, 6) is -2.86. The molecule has 0 spiro atoms. The van der Waals surface area contributed by atoms with E-state index in [1.807, 2.05) is 0 Å². The van der Waals surface area contributed by atoms with Crippen LogP contribution >= 0.6 is 0 Å². The van der Waals surface area contributed by atoms with Crippen LogP contribution in [0.1, 0.15) is 27.5 Å². The van der Waals surface area contributed by atoms with Crippen LogP contribution in [0.25, 0.3) is 0 Å². The third kappa shape index (κ3) is 6.24. The molecule has 3 atom stereocenters. The smallest absolute Gasteiger partial charge is 0.252 e. The molecule has 0 fully saturated rings. The van der Waals surface area contributed by atoms with Crippen LogP contribution in [0.3, 0.4) is 0 Å². The molecule has 0 aliphatic carbocycles. The van der Waals surface area contributed by atoms with E-state index >= 15 is 0 Å². The Hall–Kier alpha value is -4.04. The fraction of sp³-hybridized carbons (Fsp3) is 0.160. The van der Waals surface area contributed by atoms with E-state index in [-0.39, 0.29) is 12.0 Å². The number of benzene rings is 3. The summed E-state index contributed by atoms with van der Waals surface area (Å²) in [5, 5.41) is 15.9. The number of amides is 3. The molecule has 7 nitrogen and oxygen atoms in total. The lowest BCUT2D eigenvalue weighted by molar-refractivity contribution is -0.134. The van der Waals surface area contributed by atoms with Crippen LogP contribution in [-0.4, -0.2) is 35.0 Å². The molecule has 5 N–H and O–H groups in total. The van der Waals surface area contributed by atoms with Crippen molar-refractivity contribution in [3.8, 4) is 0 Å². The minimum absolute atomic E-state index is 0.188. The molecule has 33 heavy (non-hydrogen) atoms. The zero-order chi connectivity index (χ0) is 23.8. The van der Waals surface area contributed by atoms with Crippen LogP contribution in [-0.2, 0) is 16.0 Å². The van der Waals surface area contributed by atoms with Crippen LogP contribution in [0.5, 0.6) is 0 Å². The number of nitrogens with two attached hydrogens (primary N) is 1. The third-order valence-corrected chi connectivity index (χ3v) is 5.11. The number of nitrogens with one attached hydrogen (secondary N) is 2. The molecule has 0 bridgehead atoms. The van der Waals surface area contributed by atoms with Gasteiger partial charge in [-0.1, -0.05) is 66.7 Å². The highest BCUT2D eigenvalue weighted by atomic mass is 19.1. The molecule has 0 saturated heterocycles. The molecule has 0 radical (unpaired) electrons. The second-order valence-electron chi connectivity index (χ2n) is 7.43. The van der Waals surface area contributed by atoms with Crippen LogP contribution in [0.2, 0.25) is 0 Å². The van der Waals surface area contributed by atoms with Gasteiger partial charge in [0.25, 0.3) is 11.8 Å². The maximum absolute atomic E-state index is 14.0. The summed E-state index contributed by atoms with van der Waals surface area (Å²) >= 11 is 0. The quantitative estimate of drug-likeness (QED) is 0.398. The van der Waals surface area contributed by atoms with Gasteiger partial charge in [-0.25, -0.2) is 4.39 Å². The van der Waals surface area contributed by atoms with E-state index in [4.69, 9.17) is 5.73 Å². The average Bonchev–Trinajstić information content (AvgIpc) is 2.83. The van der Waals surface area contributed by atoms with E-state index < -0.39 is 41.7 Å². The summed E-state index contributed by atoms with van der Waals surface area (Å²) in [6, 6.07) is 20.2.